The summed E-state index contributed by atoms with van der Waals surface area (Å²) in [6, 6.07) is 18.3. The molecule has 3 rings (SSSR count). The summed E-state index contributed by atoms with van der Waals surface area (Å²) in [7, 11) is 0. The highest BCUT2D eigenvalue weighted by Crippen LogP contribution is 2.35. The van der Waals surface area contributed by atoms with E-state index in [0.29, 0.717) is 10.6 Å². The van der Waals surface area contributed by atoms with Crippen molar-refractivity contribution in [1.29, 1.82) is 0 Å². The lowest BCUT2D eigenvalue weighted by Gasteiger charge is -2.28. The Hall–Kier alpha value is -1.45. The molecule has 1 saturated heterocycles. The van der Waals surface area contributed by atoms with E-state index in [9.17, 15) is 0 Å². The molecule has 20 heavy (non-hydrogen) atoms. The van der Waals surface area contributed by atoms with Crippen LogP contribution in [0.4, 0.5) is 0 Å². The van der Waals surface area contributed by atoms with Crippen molar-refractivity contribution in [1.82, 2.24) is 5.32 Å². The van der Waals surface area contributed by atoms with Crippen molar-refractivity contribution in [3.63, 3.8) is 0 Å². The fourth-order valence-corrected chi connectivity index (χ4v) is 3.56. The highest BCUT2D eigenvalue weighted by atomic mass is 32.2. The van der Waals surface area contributed by atoms with Gasteiger partial charge in [0.15, 0.2) is 0 Å². The van der Waals surface area contributed by atoms with Crippen molar-refractivity contribution in [2.24, 2.45) is 0 Å². The SMILES string of the molecule is CC1CCNC(c2cccc(Oc3ccccc3)c2)S1. The molecule has 0 aromatic heterocycles. The van der Waals surface area contributed by atoms with E-state index in [1.54, 1.807) is 0 Å². The predicted molar refractivity (Wildman–Crippen MR) is 85.4 cm³/mol. The van der Waals surface area contributed by atoms with Gasteiger partial charge in [-0.3, -0.25) is 0 Å². The molecule has 2 atom stereocenters. The first-order valence-electron chi connectivity index (χ1n) is 7.03. The van der Waals surface area contributed by atoms with E-state index in [0.717, 1.165) is 18.0 Å². The molecular formula is C17H19NOS. The maximum Gasteiger partial charge on any atom is 0.127 e. The van der Waals surface area contributed by atoms with Crippen LogP contribution in [0.15, 0.2) is 54.6 Å². The van der Waals surface area contributed by atoms with Gasteiger partial charge in [-0.25, -0.2) is 0 Å². The van der Waals surface area contributed by atoms with Gasteiger partial charge in [-0.1, -0.05) is 37.3 Å². The first kappa shape index (κ1) is 13.5. The van der Waals surface area contributed by atoms with Gasteiger partial charge in [0.25, 0.3) is 0 Å². The van der Waals surface area contributed by atoms with Gasteiger partial charge in [0.05, 0.1) is 5.37 Å². The van der Waals surface area contributed by atoms with Crippen LogP contribution >= 0.6 is 11.8 Å². The quantitative estimate of drug-likeness (QED) is 0.891. The van der Waals surface area contributed by atoms with E-state index in [1.807, 2.05) is 48.2 Å². The van der Waals surface area contributed by atoms with Crippen LogP contribution in [0.5, 0.6) is 11.5 Å². The Labute approximate surface area is 124 Å². The fraction of sp³-hybridized carbons (Fsp3) is 0.294. The topological polar surface area (TPSA) is 21.3 Å². The minimum absolute atomic E-state index is 0.373. The Morgan fingerprint density at radius 1 is 1.05 bits per heavy atom. The van der Waals surface area contributed by atoms with E-state index < -0.39 is 0 Å². The summed E-state index contributed by atoms with van der Waals surface area (Å²) >= 11 is 1.99. The van der Waals surface area contributed by atoms with Gasteiger partial charge in [0.2, 0.25) is 0 Å². The average Bonchev–Trinajstić information content (AvgIpc) is 2.49. The lowest BCUT2D eigenvalue weighted by molar-refractivity contribution is 0.481. The normalized spacial score (nSPS) is 22.4. The van der Waals surface area contributed by atoms with E-state index in [2.05, 4.69) is 30.4 Å². The summed E-state index contributed by atoms with van der Waals surface area (Å²) < 4.78 is 5.90. The summed E-state index contributed by atoms with van der Waals surface area (Å²) in [6.45, 7) is 3.38. The molecule has 2 nitrogen and oxygen atoms in total. The van der Waals surface area contributed by atoms with Gasteiger partial charge < -0.3 is 10.1 Å². The fourth-order valence-electron chi connectivity index (χ4n) is 2.33. The highest BCUT2D eigenvalue weighted by Gasteiger charge is 2.20. The second-order valence-electron chi connectivity index (χ2n) is 5.06. The van der Waals surface area contributed by atoms with Gasteiger partial charge in [-0.2, -0.15) is 0 Å². The van der Waals surface area contributed by atoms with E-state index in [-0.39, 0.29) is 0 Å². The monoisotopic (exact) mass is 285 g/mol. The molecule has 0 aliphatic carbocycles. The molecule has 0 spiro atoms. The highest BCUT2D eigenvalue weighted by molar-refractivity contribution is 8.00. The average molecular weight is 285 g/mol. The van der Waals surface area contributed by atoms with Crippen LogP contribution in [0.1, 0.15) is 24.3 Å². The number of hydrogen-bond donors (Lipinski definition) is 1. The van der Waals surface area contributed by atoms with Gasteiger partial charge in [-0.15, -0.1) is 11.8 Å². The zero-order chi connectivity index (χ0) is 13.8. The zero-order valence-electron chi connectivity index (χ0n) is 11.6. The van der Waals surface area contributed by atoms with Gasteiger partial charge >= 0.3 is 0 Å². The first-order valence-corrected chi connectivity index (χ1v) is 7.97. The maximum atomic E-state index is 5.90. The summed E-state index contributed by atoms with van der Waals surface area (Å²) in [4.78, 5) is 0. The molecule has 2 unspecified atom stereocenters. The van der Waals surface area contributed by atoms with E-state index in [1.165, 1.54) is 12.0 Å². The van der Waals surface area contributed by atoms with Crippen molar-refractivity contribution < 1.29 is 4.74 Å². The lowest BCUT2D eigenvalue weighted by Crippen LogP contribution is -2.28. The van der Waals surface area contributed by atoms with Crippen LogP contribution in [-0.2, 0) is 0 Å². The van der Waals surface area contributed by atoms with Crippen LogP contribution in [0, 0.1) is 0 Å². The Morgan fingerprint density at radius 3 is 2.65 bits per heavy atom. The van der Waals surface area contributed by atoms with Crippen molar-refractivity contribution in [2.75, 3.05) is 6.54 Å². The predicted octanol–water partition coefficient (Wildman–Crippen LogP) is 4.59. The van der Waals surface area contributed by atoms with E-state index in [4.69, 9.17) is 4.74 Å². The Balaban J connectivity index is 1.75. The van der Waals surface area contributed by atoms with E-state index >= 15 is 0 Å². The molecule has 104 valence electrons. The second-order valence-corrected chi connectivity index (χ2v) is 6.61. The van der Waals surface area contributed by atoms with Crippen LogP contribution in [0.2, 0.25) is 0 Å². The van der Waals surface area contributed by atoms with Crippen molar-refractivity contribution in [3.05, 3.63) is 60.2 Å². The number of para-hydroxylation sites is 1. The number of benzene rings is 2. The minimum Gasteiger partial charge on any atom is -0.457 e. The van der Waals surface area contributed by atoms with Crippen molar-refractivity contribution >= 4 is 11.8 Å². The molecule has 0 saturated carbocycles. The molecule has 2 aromatic rings. The number of nitrogens with one attached hydrogen (secondary N) is 1. The molecule has 1 aliphatic heterocycles. The first-order chi connectivity index (χ1) is 9.81. The standard InChI is InChI=1S/C17H19NOS/c1-13-10-11-18-17(20-13)14-6-5-9-16(12-14)19-15-7-3-2-4-8-15/h2-9,12-13,17-18H,10-11H2,1H3. The number of hydrogen-bond acceptors (Lipinski definition) is 3. The molecule has 0 bridgehead atoms. The Morgan fingerprint density at radius 2 is 1.85 bits per heavy atom. The number of thioether (sulfide) groups is 1. The second kappa shape index (κ2) is 6.33. The third-order valence-electron chi connectivity index (χ3n) is 3.39. The molecule has 0 radical (unpaired) electrons. The molecule has 2 aromatic carbocycles. The summed E-state index contributed by atoms with van der Waals surface area (Å²) in [5.41, 5.74) is 1.29. The number of ether oxygens (including phenoxy) is 1. The molecular weight excluding hydrogens is 266 g/mol. The molecule has 0 amide bonds. The summed E-state index contributed by atoms with van der Waals surface area (Å²) in [5.74, 6) is 1.77. The maximum absolute atomic E-state index is 5.90. The van der Waals surface area contributed by atoms with Crippen LogP contribution in [0.3, 0.4) is 0 Å². The van der Waals surface area contributed by atoms with Gasteiger partial charge in [0, 0.05) is 5.25 Å². The smallest absolute Gasteiger partial charge is 0.127 e. The van der Waals surface area contributed by atoms with Crippen molar-refractivity contribution in [3.8, 4) is 11.5 Å². The Bertz CT molecular complexity index is 558. The molecule has 3 heteroatoms. The largest absolute Gasteiger partial charge is 0.457 e. The zero-order valence-corrected chi connectivity index (χ0v) is 12.4. The van der Waals surface area contributed by atoms with Gasteiger partial charge in [-0.05, 0) is 42.8 Å². The summed E-state index contributed by atoms with van der Waals surface area (Å²) in [6.07, 6.45) is 1.24. The van der Waals surface area contributed by atoms with Crippen molar-refractivity contribution in [2.45, 2.75) is 24.0 Å². The van der Waals surface area contributed by atoms with Gasteiger partial charge in [0.1, 0.15) is 11.5 Å². The molecule has 1 heterocycles. The summed E-state index contributed by atoms with van der Waals surface area (Å²) in [5, 5.41) is 4.65. The minimum atomic E-state index is 0.373. The third kappa shape index (κ3) is 3.35. The van der Waals surface area contributed by atoms with Crippen LogP contribution in [-0.4, -0.2) is 11.8 Å². The molecule has 1 fully saturated rings. The van der Waals surface area contributed by atoms with Crippen LogP contribution < -0.4 is 10.1 Å². The lowest BCUT2D eigenvalue weighted by atomic mass is 10.2. The molecule has 1 N–H and O–H groups in total. The van der Waals surface area contributed by atoms with Crippen LogP contribution in [0.25, 0.3) is 0 Å². The molecule has 1 aliphatic rings. The third-order valence-corrected chi connectivity index (χ3v) is 4.80. The Kier molecular flexibility index (Phi) is 4.28. The number of rotatable bonds is 3.